The van der Waals surface area contributed by atoms with E-state index in [2.05, 4.69) is 148 Å². The van der Waals surface area contributed by atoms with Gasteiger partial charge in [0.2, 0.25) is 15.5 Å². The highest BCUT2D eigenvalue weighted by Crippen LogP contribution is 2.51. The van der Waals surface area contributed by atoms with Crippen molar-refractivity contribution in [3.05, 3.63) is 190 Å². The zero-order valence-electron chi connectivity index (χ0n) is 39.8. The van der Waals surface area contributed by atoms with Gasteiger partial charge in [-0.3, -0.25) is 0 Å². The van der Waals surface area contributed by atoms with Crippen molar-refractivity contribution in [2.24, 2.45) is 0 Å². The fraction of sp³-hybridized carbons (Fsp3) is 0.293. The van der Waals surface area contributed by atoms with E-state index in [9.17, 15) is 21.4 Å². The van der Waals surface area contributed by atoms with Crippen LogP contribution in [-0.2, 0) is 30.8 Å². The Morgan fingerprint density at radius 2 is 1.25 bits per heavy atom. The number of aryl methyl sites for hydroxylation is 1. The molecule has 9 rings (SSSR count). The van der Waals surface area contributed by atoms with Crippen molar-refractivity contribution >= 4 is 58.6 Å². The average Bonchev–Trinajstić information content (AvgIpc) is 3.90. The zero-order chi connectivity index (χ0) is 47.7. The molecule has 0 saturated heterocycles. The minimum Gasteiger partial charge on any atom is -0.744 e. The summed E-state index contributed by atoms with van der Waals surface area (Å²) in [7, 11) is -8.08. The molecule has 0 unspecified atom stereocenters. The number of benzene rings is 6. The van der Waals surface area contributed by atoms with Gasteiger partial charge in [0.05, 0.1) is 20.1 Å². The largest absolute Gasteiger partial charge is 0.744 e. The number of hydrogen-bond acceptors (Lipinski definition) is 6. The van der Waals surface area contributed by atoms with E-state index >= 15 is 0 Å². The molecular formula is C58H62N2O5S2. The van der Waals surface area contributed by atoms with E-state index in [0.717, 1.165) is 55.5 Å². The molecule has 6 aromatic rings. The molecule has 0 saturated carbocycles. The van der Waals surface area contributed by atoms with Crippen molar-refractivity contribution in [2.75, 3.05) is 18.0 Å². The molecule has 2 heterocycles. The second-order valence-electron chi connectivity index (χ2n) is 19.0. The number of anilines is 1. The predicted octanol–water partition coefficient (Wildman–Crippen LogP) is 13.6. The van der Waals surface area contributed by atoms with Crippen LogP contribution in [0, 0.1) is 6.92 Å². The van der Waals surface area contributed by atoms with E-state index in [1.54, 1.807) is 24.3 Å². The van der Waals surface area contributed by atoms with Gasteiger partial charge in [-0.15, -0.1) is 0 Å². The maximum Gasteiger partial charge on any atom is 0.210 e. The van der Waals surface area contributed by atoms with Gasteiger partial charge in [-0.05, 0) is 121 Å². The molecule has 67 heavy (non-hydrogen) atoms. The molecule has 1 aliphatic carbocycles. The van der Waals surface area contributed by atoms with Crippen molar-refractivity contribution in [1.82, 2.24) is 0 Å². The molecule has 2 aliphatic heterocycles. The lowest BCUT2D eigenvalue weighted by Crippen LogP contribution is -2.28. The van der Waals surface area contributed by atoms with Crippen molar-refractivity contribution in [2.45, 2.75) is 108 Å². The smallest absolute Gasteiger partial charge is 0.210 e. The maximum absolute atomic E-state index is 14.8. The van der Waals surface area contributed by atoms with Crippen LogP contribution in [0.1, 0.15) is 96.8 Å². The number of nitrogens with zero attached hydrogens (tertiary/aromatic N) is 2. The highest BCUT2D eigenvalue weighted by molar-refractivity contribution is 7.95. The Balaban J connectivity index is 0.000000487. The Morgan fingerprint density at radius 3 is 1.90 bits per heavy atom. The first kappa shape index (κ1) is 47.6. The number of allylic oxidation sites excluding steroid dienone is 7. The Kier molecular flexibility index (Phi) is 13.5. The fourth-order valence-corrected chi connectivity index (χ4v) is 12.6. The van der Waals surface area contributed by atoms with Crippen LogP contribution in [-0.4, -0.2) is 44.8 Å². The molecule has 0 aromatic heterocycles. The van der Waals surface area contributed by atoms with Crippen LogP contribution in [0.5, 0.6) is 0 Å². The molecule has 0 radical (unpaired) electrons. The SMILES string of the molecule is CCCCN1/C(=C\C=C2\CCC(/C=C/C3=[N+](CCCC)c4ccc5ccccc5c4C3(C)C)=C2S(=O)(=O)c2ccccc2)C(C)(C)c2c1ccc1ccccc21.Cc1ccc(S(=O)(=O)[O-])cc1. The summed E-state index contributed by atoms with van der Waals surface area (Å²) in [6.45, 7) is 17.4. The predicted molar refractivity (Wildman–Crippen MR) is 275 cm³/mol. The number of sulfone groups is 1. The van der Waals surface area contributed by atoms with E-state index < -0.39 is 20.0 Å². The summed E-state index contributed by atoms with van der Waals surface area (Å²) in [6.07, 6.45) is 14.4. The third kappa shape index (κ3) is 9.14. The molecule has 0 bridgehead atoms. The standard InChI is InChI=1S/C51H55N2O2S.C7H8O3S/c1-7-9-34-52-43-30-26-36-18-14-16-22-41(36)47(43)50(3,4)45(52)32-28-38-24-25-39(49(38)56(54,55)40-20-12-11-13-21-40)29-33-46-51(5,6)48-42-23-17-15-19-37(42)27-31-44(48)53(46)35-10-8-2;1-6-2-4-7(5-3-6)11(8,9)10/h11-23,26-33H,7-10,24-25,34-35H2,1-6H3;2-5H,1H3,(H,8,9,10)/q+1;/p-1. The third-order valence-electron chi connectivity index (χ3n) is 13.7. The molecule has 3 aliphatic rings. The molecular weight excluding hydrogens is 869 g/mol. The number of fused-ring (bicyclic) bond motifs is 6. The zero-order valence-corrected chi connectivity index (χ0v) is 41.5. The first-order valence-corrected chi connectivity index (χ1v) is 26.5. The Hall–Kier alpha value is -5.87. The molecule has 6 aromatic carbocycles. The third-order valence-corrected chi connectivity index (χ3v) is 16.5. The monoisotopic (exact) mass is 930 g/mol. The molecule has 0 amide bonds. The maximum atomic E-state index is 14.8. The second kappa shape index (κ2) is 19.0. The molecule has 0 N–H and O–H groups in total. The van der Waals surface area contributed by atoms with E-state index in [-0.39, 0.29) is 15.7 Å². The highest BCUT2D eigenvalue weighted by Gasteiger charge is 2.46. The lowest BCUT2D eigenvalue weighted by Gasteiger charge is -2.27. The lowest BCUT2D eigenvalue weighted by atomic mass is 9.79. The highest BCUT2D eigenvalue weighted by atomic mass is 32.2. The van der Waals surface area contributed by atoms with E-state index in [1.807, 2.05) is 25.1 Å². The van der Waals surface area contributed by atoms with Crippen LogP contribution < -0.4 is 4.90 Å². The molecule has 9 heteroatoms. The molecule has 0 fully saturated rings. The number of unbranched alkanes of at least 4 members (excludes halogenated alkanes) is 2. The number of hydrogen-bond donors (Lipinski definition) is 0. The molecule has 346 valence electrons. The summed E-state index contributed by atoms with van der Waals surface area (Å²) in [4.78, 5) is 3.10. The van der Waals surface area contributed by atoms with E-state index in [1.165, 1.54) is 67.6 Å². The van der Waals surface area contributed by atoms with E-state index in [4.69, 9.17) is 0 Å². The average molecular weight is 931 g/mol. The summed E-state index contributed by atoms with van der Waals surface area (Å²) in [5.41, 5.74) is 9.77. The summed E-state index contributed by atoms with van der Waals surface area (Å²) in [5.74, 6) is 0. The summed E-state index contributed by atoms with van der Waals surface area (Å²) < 4.78 is 63.2. The van der Waals surface area contributed by atoms with Gasteiger partial charge in [0.1, 0.15) is 16.7 Å². The van der Waals surface area contributed by atoms with Gasteiger partial charge in [-0.1, -0.05) is 143 Å². The van der Waals surface area contributed by atoms with Crippen LogP contribution >= 0.6 is 0 Å². The second-order valence-corrected chi connectivity index (χ2v) is 22.3. The topological polar surface area (TPSA) is 97.6 Å². The Morgan fingerprint density at radius 1 is 0.642 bits per heavy atom. The minimum atomic E-state index is -4.27. The molecule has 7 nitrogen and oxygen atoms in total. The van der Waals surface area contributed by atoms with Gasteiger partial charge >= 0.3 is 0 Å². The molecule has 0 atom stereocenters. The van der Waals surface area contributed by atoms with Gasteiger partial charge < -0.3 is 9.45 Å². The van der Waals surface area contributed by atoms with Crippen LogP contribution in [0.2, 0.25) is 0 Å². The van der Waals surface area contributed by atoms with Gasteiger partial charge in [-0.2, -0.15) is 4.58 Å². The quantitative estimate of drug-likeness (QED) is 0.0896. The van der Waals surface area contributed by atoms with Crippen LogP contribution in [0.15, 0.2) is 183 Å². The Bertz CT molecular complexity index is 3250. The van der Waals surface area contributed by atoms with Gasteiger partial charge in [0.25, 0.3) is 0 Å². The van der Waals surface area contributed by atoms with Crippen molar-refractivity contribution in [3.63, 3.8) is 0 Å². The first-order valence-electron chi connectivity index (χ1n) is 23.6. The van der Waals surface area contributed by atoms with Crippen LogP contribution in [0.4, 0.5) is 11.4 Å². The molecule has 0 spiro atoms. The van der Waals surface area contributed by atoms with Gasteiger partial charge in [0.15, 0.2) is 5.71 Å². The van der Waals surface area contributed by atoms with Crippen molar-refractivity contribution in [1.29, 1.82) is 0 Å². The normalized spacial score (nSPS) is 17.8. The minimum absolute atomic E-state index is 0.178. The van der Waals surface area contributed by atoms with E-state index in [0.29, 0.717) is 22.6 Å². The van der Waals surface area contributed by atoms with Crippen molar-refractivity contribution in [3.8, 4) is 0 Å². The summed E-state index contributed by atoms with van der Waals surface area (Å²) >= 11 is 0. The first-order chi connectivity index (χ1) is 32.0. The fourth-order valence-electron chi connectivity index (χ4n) is 10.3. The van der Waals surface area contributed by atoms with Crippen LogP contribution in [0.25, 0.3) is 21.5 Å². The Labute approximate surface area is 398 Å². The summed E-state index contributed by atoms with van der Waals surface area (Å²) in [6, 6.07) is 41.1. The summed E-state index contributed by atoms with van der Waals surface area (Å²) in [5, 5.41) is 5.05. The van der Waals surface area contributed by atoms with Gasteiger partial charge in [0, 0.05) is 47.5 Å². The lowest BCUT2D eigenvalue weighted by molar-refractivity contribution is -0.438. The van der Waals surface area contributed by atoms with Crippen LogP contribution in [0.3, 0.4) is 0 Å². The number of rotatable bonds is 12. The van der Waals surface area contributed by atoms with Crippen molar-refractivity contribution < 1.29 is 26.0 Å². The van der Waals surface area contributed by atoms with Gasteiger partial charge in [-0.25, -0.2) is 16.8 Å².